The van der Waals surface area contributed by atoms with Gasteiger partial charge in [-0.2, -0.15) is 0 Å². The molecule has 57 heavy (non-hydrogen) atoms. The predicted octanol–water partition coefficient (Wildman–Crippen LogP) is 14.8. The van der Waals surface area contributed by atoms with Crippen LogP contribution in [0.1, 0.15) is 96.1 Å². The summed E-state index contributed by atoms with van der Waals surface area (Å²) in [5, 5.41) is 0. The average Bonchev–Trinajstić information content (AvgIpc) is 3.82. The van der Waals surface area contributed by atoms with E-state index in [4.69, 9.17) is 0 Å². The van der Waals surface area contributed by atoms with E-state index in [1.807, 2.05) is 0 Å². The van der Waals surface area contributed by atoms with Gasteiger partial charge in [-0.1, -0.05) is 0 Å². The zero-order chi connectivity index (χ0) is 38.5. The third kappa shape index (κ3) is 8.32. The van der Waals surface area contributed by atoms with E-state index in [2.05, 4.69) is 214 Å². The Labute approximate surface area is 358 Å². The van der Waals surface area contributed by atoms with Crippen LogP contribution in [0.15, 0.2) is 155 Å². The van der Waals surface area contributed by atoms with E-state index in [9.17, 15) is 0 Å². The van der Waals surface area contributed by atoms with Gasteiger partial charge in [0, 0.05) is 0 Å². The van der Waals surface area contributed by atoms with Crippen LogP contribution < -0.4 is 0 Å². The molecule has 0 fully saturated rings. The molecule has 0 aromatic heterocycles. The number of aryl methyl sites for hydroxylation is 2. The summed E-state index contributed by atoms with van der Waals surface area (Å²) >= 11 is -3.89. The molecule has 0 spiro atoms. The average molecular weight is 867 g/mol. The zero-order valence-corrected chi connectivity index (χ0v) is 38.8. The van der Waals surface area contributed by atoms with Gasteiger partial charge in [-0.25, -0.2) is 0 Å². The summed E-state index contributed by atoms with van der Waals surface area (Å²) in [6.45, 7) is 18.9. The van der Waals surface area contributed by atoms with Crippen molar-refractivity contribution >= 4 is 32.2 Å². The first-order chi connectivity index (χ1) is 26.3. The minimum Gasteiger partial charge on any atom is -0.147 e. The first kappa shape index (κ1) is 42.6. The molecule has 0 N–H and O–H groups in total. The van der Waals surface area contributed by atoms with Crippen molar-refractivity contribution in [2.45, 2.75) is 76.3 Å². The van der Waals surface area contributed by atoms with Gasteiger partial charge in [-0.15, -0.1) is 24.8 Å². The first-order valence-electron chi connectivity index (χ1n) is 20.0. The summed E-state index contributed by atoms with van der Waals surface area (Å²) in [6, 6.07) is 50.7. The van der Waals surface area contributed by atoms with Crippen LogP contribution in [0.5, 0.6) is 0 Å². The van der Waals surface area contributed by atoms with Gasteiger partial charge >= 0.3 is 336 Å². The molecule has 0 aliphatic heterocycles. The van der Waals surface area contributed by atoms with Gasteiger partial charge in [0.05, 0.1) is 0 Å². The SMILES string of the molecule is Cc1cc2c(cc1C(C)(C)C)-c1cc(C(C)(C)C)c(C)cc1[CH]2[Zr](=[CH]c1ccc(-c2ccccc2)cc1)(=[CH]c1ccc(-c2ccccc2)cc1)[C]1=CC=CC1.Cl.Cl. The predicted molar refractivity (Wildman–Crippen MR) is 251 cm³/mol. The molecule has 0 atom stereocenters. The number of rotatable bonds is 6. The molecule has 2 aliphatic carbocycles. The van der Waals surface area contributed by atoms with Gasteiger partial charge in [0.25, 0.3) is 0 Å². The minimum atomic E-state index is -3.89. The summed E-state index contributed by atoms with van der Waals surface area (Å²) in [5.74, 6) is 0. The summed E-state index contributed by atoms with van der Waals surface area (Å²) in [5.41, 5.74) is 19.4. The van der Waals surface area contributed by atoms with Crippen LogP contribution in [0.25, 0.3) is 33.4 Å². The zero-order valence-electron chi connectivity index (χ0n) is 34.7. The number of allylic oxidation sites excluding steroid dienone is 4. The molecule has 8 rings (SSSR count). The van der Waals surface area contributed by atoms with Crippen LogP contribution in [-0.2, 0) is 30.1 Å². The van der Waals surface area contributed by atoms with Gasteiger partial charge in [0.2, 0.25) is 0 Å². The second-order valence-corrected chi connectivity index (χ2v) is 27.0. The number of hydrogen-bond donors (Lipinski definition) is 0. The molecule has 0 bridgehead atoms. The molecule has 290 valence electrons. The van der Waals surface area contributed by atoms with Crippen molar-refractivity contribution in [3.05, 3.63) is 199 Å². The van der Waals surface area contributed by atoms with E-state index in [0.29, 0.717) is 0 Å². The van der Waals surface area contributed by atoms with Crippen LogP contribution in [-0.4, -0.2) is 7.42 Å². The maximum Gasteiger partial charge on any atom is -0.147 e. The van der Waals surface area contributed by atoms with Crippen LogP contribution in [0.3, 0.4) is 0 Å². The Morgan fingerprint density at radius 2 is 0.895 bits per heavy atom. The quantitative estimate of drug-likeness (QED) is 0.156. The molecule has 0 heterocycles. The number of benzene rings is 6. The largest absolute Gasteiger partial charge is 0.147 e. The molecule has 3 heteroatoms. The molecule has 6 aromatic carbocycles. The molecular weight excluding hydrogens is 811 g/mol. The van der Waals surface area contributed by atoms with Crippen molar-refractivity contribution in [1.29, 1.82) is 0 Å². The topological polar surface area (TPSA) is 0 Å². The van der Waals surface area contributed by atoms with Gasteiger partial charge in [0.1, 0.15) is 0 Å². The van der Waals surface area contributed by atoms with Crippen molar-refractivity contribution in [2.24, 2.45) is 0 Å². The van der Waals surface area contributed by atoms with Crippen LogP contribution >= 0.6 is 24.8 Å². The van der Waals surface area contributed by atoms with Gasteiger partial charge < -0.3 is 0 Å². The minimum absolute atomic E-state index is 0. The maximum atomic E-state index is 2.80. The van der Waals surface area contributed by atoms with Gasteiger partial charge in [-0.05, 0) is 0 Å². The molecule has 2 aliphatic rings. The monoisotopic (exact) mass is 864 g/mol. The van der Waals surface area contributed by atoms with E-state index in [0.717, 1.165) is 6.42 Å². The third-order valence-corrected chi connectivity index (χ3v) is 23.5. The van der Waals surface area contributed by atoms with Crippen molar-refractivity contribution in [3.8, 4) is 33.4 Å². The Morgan fingerprint density at radius 1 is 0.509 bits per heavy atom. The van der Waals surface area contributed by atoms with Crippen molar-refractivity contribution in [2.75, 3.05) is 0 Å². The molecule has 6 aromatic rings. The Kier molecular flexibility index (Phi) is 12.5. The first-order valence-corrected chi connectivity index (χ1v) is 25.5. The fourth-order valence-corrected chi connectivity index (χ4v) is 21.7. The summed E-state index contributed by atoms with van der Waals surface area (Å²) in [6.07, 6.45) is 8.20. The molecule has 0 amide bonds. The van der Waals surface area contributed by atoms with Gasteiger partial charge in [0.15, 0.2) is 0 Å². The van der Waals surface area contributed by atoms with Crippen LogP contribution in [0.2, 0.25) is 0 Å². The van der Waals surface area contributed by atoms with Gasteiger partial charge in [-0.3, -0.25) is 0 Å². The molecular formula is C54H56Cl2Zr. The molecule has 0 radical (unpaired) electrons. The summed E-state index contributed by atoms with van der Waals surface area (Å²) in [4.78, 5) is 0. The number of fused-ring (bicyclic) bond motifs is 3. The second-order valence-electron chi connectivity index (χ2n) is 18.0. The molecule has 0 saturated carbocycles. The third-order valence-electron chi connectivity index (χ3n) is 12.0. The molecule has 0 nitrogen and oxygen atoms in total. The number of halogens is 2. The second kappa shape index (κ2) is 16.7. The van der Waals surface area contributed by atoms with Crippen LogP contribution in [0, 0.1) is 13.8 Å². The Hall–Kier alpha value is -4.00. The van der Waals surface area contributed by atoms with Crippen molar-refractivity contribution < 1.29 is 19.3 Å². The molecule has 0 saturated heterocycles. The fourth-order valence-electron chi connectivity index (χ4n) is 9.41. The standard InChI is InChI=1S/C23H29.2C13H10.C5H5.2ClH.Zr/c1-14-9-16-11-17-10-15(2)21(23(6,7)8)13-19(17)18(16)12-20(14)22(3,4)5;2*1-11-7-9-13(10-8-11)12-5-3-2-4-6-12;1-2-4-5-3-1;;;/h9-13H,1-8H3;2*1-10H;1-3H,4H2;2*1H;. The van der Waals surface area contributed by atoms with E-state index in [-0.39, 0.29) is 39.3 Å². The Bertz CT molecular complexity index is 2420. The number of hydrogen-bond acceptors (Lipinski definition) is 0. The van der Waals surface area contributed by atoms with Crippen molar-refractivity contribution in [1.82, 2.24) is 0 Å². The van der Waals surface area contributed by atoms with E-state index >= 15 is 0 Å². The van der Waals surface area contributed by atoms with E-state index in [1.54, 1.807) is 3.28 Å². The molecule has 0 unspecified atom stereocenters. The smallest absolute Gasteiger partial charge is 0.147 e. The van der Waals surface area contributed by atoms with Crippen LogP contribution in [0.4, 0.5) is 0 Å². The maximum absolute atomic E-state index is 3.89. The Balaban J connectivity index is 0.00000275. The van der Waals surface area contributed by atoms with Crippen molar-refractivity contribution in [3.63, 3.8) is 0 Å². The van der Waals surface area contributed by atoms with E-state index in [1.165, 1.54) is 77.9 Å². The Morgan fingerprint density at radius 3 is 1.25 bits per heavy atom. The normalized spacial score (nSPS) is 13.3. The summed E-state index contributed by atoms with van der Waals surface area (Å²) < 4.78 is 7.52. The van der Waals surface area contributed by atoms with E-state index < -0.39 is 19.3 Å². The fraction of sp³-hybridized carbons (Fsp3) is 0.222. The summed E-state index contributed by atoms with van der Waals surface area (Å²) in [7, 11) is 0.